The van der Waals surface area contributed by atoms with Crippen LogP contribution in [0, 0.1) is 5.92 Å². The third kappa shape index (κ3) is 3.21. The first-order chi connectivity index (χ1) is 8.02. The van der Waals surface area contributed by atoms with Crippen molar-refractivity contribution in [1.29, 1.82) is 0 Å². The highest BCUT2D eigenvalue weighted by Crippen LogP contribution is 2.26. The summed E-state index contributed by atoms with van der Waals surface area (Å²) in [7, 11) is 0. The number of nitrogens with one attached hydrogen (secondary N) is 1. The molecule has 1 N–H and O–H groups in total. The monoisotopic (exact) mass is 240 g/mol. The number of ether oxygens (including phenoxy) is 1. The molecule has 17 heavy (non-hydrogen) atoms. The standard InChI is InChI=1S/C14H28N2O/c1-5-13-12(6-7-17-13)9-16-10-14(3,4)15-8-11(16)2/h11-13,15H,5-10H2,1-4H3. The van der Waals surface area contributed by atoms with Crippen LogP contribution in [0.3, 0.4) is 0 Å². The van der Waals surface area contributed by atoms with Crippen molar-refractivity contribution in [3.8, 4) is 0 Å². The van der Waals surface area contributed by atoms with Crippen LogP contribution >= 0.6 is 0 Å². The van der Waals surface area contributed by atoms with Gasteiger partial charge >= 0.3 is 0 Å². The average Bonchev–Trinajstić information content (AvgIpc) is 2.70. The van der Waals surface area contributed by atoms with E-state index >= 15 is 0 Å². The Morgan fingerprint density at radius 2 is 2.18 bits per heavy atom. The van der Waals surface area contributed by atoms with E-state index in [0.717, 1.165) is 32.0 Å². The molecule has 0 bridgehead atoms. The maximum absolute atomic E-state index is 5.80. The Morgan fingerprint density at radius 3 is 2.88 bits per heavy atom. The lowest BCUT2D eigenvalue weighted by atomic mass is 9.94. The predicted molar refractivity (Wildman–Crippen MR) is 71.3 cm³/mol. The molecule has 2 heterocycles. The first-order valence-corrected chi connectivity index (χ1v) is 7.12. The summed E-state index contributed by atoms with van der Waals surface area (Å²) < 4.78 is 5.80. The summed E-state index contributed by atoms with van der Waals surface area (Å²) in [4.78, 5) is 2.65. The maximum Gasteiger partial charge on any atom is 0.0613 e. The van der Waals surface area contributed by atoms with Gasteiger partial charge in [0.2, 0.25) is 0 Å². The molecule has 100 valence electrons. The zero-order valence-corrected chi connectivity index (χ0v) is 11.8. The minimum absolute atomic E-state index is 0.258. The lowest BCUT2D eigenvalue weighted by molar-refractivity contribution is 0.0484. The van der Waals surface area contributed by atoms with E-state index in [9.17, 15) is 0 Å². The summed E-state index contributed by atoms with van der Waals surface area (Å²) >= 11 is 0. The van der Waals surface area contributed by atoms with Gasteiger partial charge in [-0.1, -0.05) is 6.92 Å². The van der Waals surface area contributed by atoms with Crippen molar-refractivity contribution in [1.82, 2.24) is 10.2 Å². The summed E-state index contributed by atoms with van der Waals surface area (Å²) in [5, 5.41) is 3.62. The van der Waals surface area contributed by atoms with Crippen LogP contribution in [-0.4, -0.2) is 48.8 Å². The molecule has 2 aliphatic rings. The van der Waals surface area contributed by atoms with Gasteiger partial charge in [-0.2, -0.15) is 0 Å². The molecule has 3 atom stereocenters. The number of nitrogens with zero attached hydrogens (tertiary/aromatic N) is 1. The van der Waals surface area contributed by atoms with E-state index in [1.165, 1.54) is 13.0 Å². The summed E-state index contributed by atoms with van der Waals surface area (Å²) in [6.45, 7) is 13.6. The largest absolute Gasteiger partial charge is 0.378 e. The van der Waals surface area contributed by atoms with Gasteiger partial charge in [0.05, 0.1) is 6.10 Å². The van der Waals surface area contributed by atoms with Gasteiger partial charge in [0.15, 0.2) is 0 Å². The molecule has 3 unspecified atom stereocenters. The molecule has 0 spiro atoms. The molecule has 2 rings (SSSR count). The van der Waals surface area contributed by atoms with Crippen LogP contribution in [0.15, 0.2) is 0 Å². The first-order valence-electron chi connectivity index (χ1n) is 7.12. The highest BCUT2D eigenvalue weighted by Gasteiger charge is 2.34. The Labute approximate surface area is 106 Å². The third-order valence-corrected chi connectivity index (χ3v) is 4.32. The second kappa shape index (κ2) is 5.25. The van der Waals surface area contributed by atoms with Gasteiger partial charge in [-0.05, 0) is 39.5 Å². The van der Waals surface area contributed by atoms with E-state index in [0.29, 0.717) is 12.1 Å². The molecule has 0 aromatic heterocycles. The Balaban J connectivity index is 1.92. The SMILES string of the molecule is CCC1OCCC1CN1CC(C)(C)NCC1C. The molecule has 2 aliphatic heterocycles. The van der Waals surface area contributed by atoms with E-state index in [4.69, 9.17) is 4.74 Å². The molecule has 3 heteroatoms. The van der Waals surface area contributed by atoms with Crippen molar-refractivity contribution in [3.63, 3.8) is 0 Å². The van der Waals surface area contributed by atoms with Gasteiger partial charge < -0.3 is 10.1 Å². The Kier molecular flexibility index (Phi) is 4.11. The van der Waals surface area contributed by atoms with Crippen LogP contribution in [0.2, 0.25) is 0 Å². The van der Waals surface area contributed by atoms with E-state index in [1.54, 1.807) is 0 Å². The van der Waals surface area contributed by atoms with Gasteiger partial charge in [0, 0.05) is 37.8 Å². The zero-order valence-electron chi connectivity index (χ0n) is 11.8. The molecule has 2 saturated heterocycles. The zero-order chi connectivity index (χ0) is 12.5. The number of piperazine rings is 1. The quantitative estimate of drug-likeness (QED) is 0.815. The third-order valence-electron chi connectivity index (χ3n) is 4.32. The molecule has 0 amide bonds. The summed E-state index contributed by atoms with van der Waals surface area (Å²) in [6.07, 6.45) is 2.91. The summed E-state index contributed by atoms with van der Waals surface area (Å²) in [5.74, 6) is 0.747. The predicted octanol–water partition coefficient (Wildman–Crippen LogP) is 1.87. The van der Waals surface area contributed by atoms with Crippen LogP contribution < -0.4 is 5.32 Å². The molecular weight excluding hydrogens is 212 g/mol. The lowest BCUT2D eigenvalue weighted by Crippen LogP contribution is -2.61. The van der Waals surface area contributed by atoms with Gasteiger partial charge in [0.25, 0.3) is 0 Å². The minimum Gasteiger partial charge on any atom is -0.378 e. The van der Waals surface area contributed by atoms with E-state index in [-0.39, 0.29) is 5.54 Å². The van der Waals surface area contributed by atoms with Crippen LogP contribution in [0.25, 0.3) is 0 Å². The van der Waals surface area contributed by atoms with Gasteiger partial charge in [-0.25, -0.2) is 0 Å². The van der Waals surface area contributed by atoms with Crippen molar-refractivity contribution in [2.75, 3.05) is 26.2 Å². The van der Waals surface area contributed by atoms with Crippen LogP contribution in [0.4, 0.5) is 0 Å². The van der Waals surface area contributed by atoms with E-state index in [2.05, 4.69) is 37.9 Å². The smallest absolute Gasteiger partial charge is 0.0613 e. The van der Waals surface area contributed by atoms with Crippen LogP contribution in [0.5, 0.6) is 0 Å². The Morgan fingerprint density at radius 1 is 1.41 bits per heavy atom. The van der Waals surface area contributed by atoms with Gasteiger partial charge in [-0.15, -0.1) is 0 Å². The lowest BCUT2D eigenvalue weighted by Gasteiger charge is -2.44. The van der Waals surface area contributed by atoms with Crippen molar-refractivity contribution in [2.45, 2.75) is 58.2 Å². The van der Waals surface area contributed by atoms with Crippen molar-refractivity contribution >= 4 is 0 Å². The molecular formula is C14H28N2O. The Bertz CT molecular complexity index is 255. The minimum atomic E-state index is 0.258. The molecule has 0 radical (unpaired) electrons. The highest BCUT2D eigenvalue weighted by molar-refractivity contribution is 4.92. The molecule has 0 aliphatic carbocycles. The highest BCUT2D eigenvalue weighted by atomic mass is 16.5. The average molecular weight is 240 g/mol. The molecule has 3 nitrogen and oxygen atoms in total. The normalized spacial score (nSPS) is 38.5. The van der Waals surface area contributed by atoms with Crippen molar-refractivity contribution in [2.24, 2.45) is 5.92 Å². The maximum atomic E-state index is 5.80. The molecule has 0 aromatic rings. The van der Waals surface area contributed by atoms with Crippen molar-refractivity contribution < 1.29 is 4.74 Å². The summed E-state index contributed by atoms with van der Waals surface area (Å²) in [6, 6.07) is 0.654. The van der Waals surface area contributed by atoms with Gasteiger partial charge in [0.1, 0.15) is 0 Å². The molecule has 0 saturated carbocycles. The second-order valence-corrected chi connectivity index (χ2v) is 6.41. The fourth-order valence-electron chi connectivity index (χ4n) is 3.17. The first kappa shape index (κ1) is 13.3. The number of hydrogen-bond donors (Lipinski definition) is 1. The summed E-state index contributed by atoms with van der Waals surface area (Å²) in [5.41, 5.74) is 0.258. The second-order valence-electron chi connectivity index (χ2n) is 6.41. The van der Waals surface area contributed by atoms with E-state index in [1.807, 2.05) is 0 Å². The topological polar surface area (TPSA) is 24.5 Å². The Hall–Kier alpha value is -0.120. The van der Waals surface area contributed by atoms with Gasteiger partial charge in [-0.3, -0.25) is 4.90 Å². The number of hydrogen-bond acceptors (Lipinski definition) is 3. The molecule has 0 aromatic carbocycles. The van der Waals surface area contributed by atoms with E-state index < -0.39 is 0 Å². The van der Waals surface area contributed by atoms with Crippen LogP contribution in [0.1, 0.15) is 40.5 Å². The van der Waals surface area contributed by atoms with Crippen LogP contribution in [-0.2, 0) is 4.74 Å². The fraction of sp³-hybridized carbons (Fsp3) is 1.00. The fourth-order valence-corrected chi connectivity index (χ4v) is 3.17. The molecule has 2 fully saturated rings. The number of rotatable bonds is 3. The van der Waals surface area contributed by atoms with Crippen molar-refractivity contribution in [3.05, 3.63) is 0 Å².